The number of aliphatic carboxylic acids is 4. The molecule has 0 saturated carbocycles. The number of rotatable bonds is 12. The third kappa shape index (κ3) is 17.9. The van der Waals surface area contributed by atoms with Gasteiger partial charge in [0, 0.05) is 12.8 Å². The third-order valence-electron chi connectivity index (χ3n) is 2.81. The van der Waals surface area contributed by atoms with Crippen LogP contribution >= 0.6 is 0 Å². The van der Waals surface area contributed by atoms with Crippen LogP contribution in [0.1, 0.15) is 51.4 Å². The van der Waals surface area contributed by atoms with E-state index in [2.05, 4.69) is 0 Å². The molecule has 0 bridgehead atoms. The SMILES string of the molecule is O=C(O)CCCCC(O)C(=O)O.O=C(O)CCCCC(O)C(=O)O. The van der Waals surface area contributed by atoms with Crippen LogP contribution in [0.3, 0.4) is 0 Å². The van der Waals surface area contributed by atoms with Crippen molar-refractivity contribution in [3.63, 3.8) is 0 Å². The largest absolute Gasteiger partial charge is 0.481 e. The van der Waals surface area contributed by atoms with Crippen molar-refractivity contribution in [2.45, 2.75) is 63.6 Å². The predicted molar refractivity (Wildman–Crippen MR) is 79.5 cm³/mol. The summed E-state index contributed by atoms with van der Waals surface area (Å²) in [7, 11) is 0. The highest BCUT2D eigenvalue weighted by Gasteiger charge is 2.12. The standard InChI is InChI=1S/2C7H12O5/c2*8-5(7(11)12)3-1-2-4-6(9)10/h2*5,8H,1-4H2,(H,9,10)(H,11,12). The van der Waals surface area contributed by atoms with E-state index in [1.165, 1.54) is 0 Å². The molecule has 0 radical (unpaired) electrons. The van der Waals surface area contributed by atoms with Crippen molar-refractivity contribution in [1.29, 1.82) is 0 Å². The van der Waals surface area contributed by atoms with Crippen molar-refractivity contribution in [2.24, 2.45) is 0 Å². The Labute approximate surface area is 138 Å². The number of hydrogen-bond acceptors (Lipinski definition) is 6. The molecule has 6 N–H and O–H groups in total. The number of unbranched alkanes of at least 4 members (excludes halogenated alkanes) is 2. The normalized spacial score (nSPS) is 12.4. The van der Waals surface area contributed by atoms with Crippen LogP contribution in [0.2, 0.25) is 0 Å². The van der Waals surface area contributed by atoms with E-state index in [1.54, 1.807) is 0 Å². The second-order valence-corrected chi connectivity index (χ2v) is 4.99. The molecular formula is C14H24O10. The van der Waals surface area contributed by atoms with Crippen molar-refractivity contribution >= 4 is 23.9 Å². The molecule has 0 saturated heterocycles. The van der Waals surface area contributed by atoms with Crippen molar-refractivity contribution < 1.29 is 49.8 Å². The fourth-order valence-corrected chi connectivity index (χ4v) is 1.47. The van der Waals surface area contributed by atoms with E-state index in [1.807, 2.05) is 0 Å². The molecule has 10 nitrogen and oxygen atoms in total. The van der Waals surface area contributed by atoms with Crippen molar-refractivity contribution in [2.75, 3.05) is 0 Å². The van der Waals surface area contributed by atoms with Gasteiger partial charge in [-0.2, -0.15) is 0 Å². The third-order valence-corrected chi connectivity index (χ3v) is 2.81. The van der Waals surface area contributed by atoms with Crippen LogP contribution in [0.4, 0.5) is 0 Å². The first-order valence-corrected chi connectivity index (χ1v) is 7.33. The molecule has 24 heavy (non-hydrogen) atoms. The van der Waals surface area contributed by atoms with Gasteiger partial charge in [-0.1, -0.05) is 0 Å². The van der Waals surface area contributed by atoms with Crippen LogP contribution in [0, 0.1) is 0 Å². The molecule has 2 unspecified atom stereocenters. The zero-order valence-electron chi connectivity index (χ0n) is 13.1. The molecule has 0 aliphatic carbocycles. The number of aliphatic hydroxyl groups is 2. The van der Waals surface area contributed by atoms with Crippen molar-refractivity contribution in [3.05, 3.63) is 0 Å². The van der Waals surface area contributed by atoms with Crippen LogP contribution in [-0.2, 0) is 19.2 Å². The first-order valence-electron chi connectivity index (χ1n) is 7.33. The average Bonchev–Trinajstić information content (AvgIpc) is 2.47. The molecule has 0 aliphatic heterocycles. The highest BCUT2D eigenvalue weighted by molar-refractivity contribution is 5.72. The smallest absolute Gasteiger partial charge is 0.332 e. The number of carboxylic acid groups (broad SMARTS) is 4. The summed E-state index contributed by atoms with van der Waals surface area (Å²) in [4.78, 5) is 40.1. The Hall–Kier alpha value is -2.20. The second-order valence-electron chi connectivity index (χ2n) is 4.99. The van der Waals surface area contributed by atoms with Gasteiger partial charge in [0.1, 0.15) is 0 Å². The summed E-state index contributed by atoms with van der Waals surface area (Å²) >= 11 is 0. The minimum absolute atomic E-state index is 0.0202. The van der Waals surface area contributed by atoms with Crippen LogP contribution in [0.15, 0.2) is 0 Å². The fraction of sp³-hybridized carbons (Fsp3) is 0.714. The molecule has 0 aliphatic rings. The quantitative estimate of drug-likeness (QED) is 0.264. The Bertz CT molecular complexity index is 368. The molecule has 0 amide bonds. The molecule has 0 aromatic carbocycles. The number of carboxylic acids is 4. The maximum Gasteiger partial charge on any atom is 0.332 e. The zero-order valence-corrected chi connectivity index (χ0v) is 13.1. The Morgan fingerprint density at radius 1 is 0.583 bits per heavy atom. The van der Waals surface area contributed by atoms with Crippen molar-refractivity contribution in [1.82, 2.24) is 0 Å². The summed E-state index contributed by atoms with van der Waals surface area (Å²) in [5.74, 6) is -4.32. The van der Waals surface area contributed by atoms with Gasteiger partial charge in [-0.05, 0) is 38.5 Å². The summed E-state index contributed by atoms with van der Waals surface area (Å²) in [6.45, 7) is 0. The molecule has 0 fully saturated rings. The van der Waals surface area contributed by atoms with E-state index in [0.29, 0.717) is 25.7 Å². The molecule has 2 atom stereocenters. The maximum absolute atomic E-state index is 10.1. The summed E-state index contributed by atoms with van der Waals surface area (Å²) in [6.07, 6.45) is -0.819. The van der Waals surface area contributed by atoms with Crippen LogP contribution in [0.5, 0.6) is 0 Å². The van der Waals surface area contributed by atoms with E-state index >= 15 is 0 Å². The van der Waals surface area contributed by atoms with Gasteiger partial charge in [-0.3, -0.25) is 9.59 Å². The van der Waals surface area contributed by atoms with E-state index in [9.17, 15) is 19.2 Å². The molecule has 140 valence electrons. The maximum atomic E-state index is 10.1. The predicted octanol–water partition coefficient (Wildman–Crippen LogP) is 0.154. The lowest BCUT2D eigenvalue weighted by Gasteiger charge is -2.02. The first-order chi connectivity index (χ1) is 11.1. The van der Waals surface area contributed by atoms with Gasteiger partial charge in [0.05, 0.1) is 0 Å². The summed E-state index contributed by atoms with van der Waals surface area (Å²) < 4.78 is 0. The average molecular weight is 352 g/mol. The highest BCUT2D eigenvalue weighted by Crippen LogP contribution is 2.04. The highest BCUT2D eigenvalue weighted by atomic mass is 16.4. The zero-order chi connectivity index (χ0) is 19.1. The Kier molecular flexibility index (Phi) is 14.4. The molecule has 0 spiro atoms. The lowest BCUT2D eigenvalue weighted by Crippen LogP contribution is -2.18. The van der Waals surface area contributed by atoms with E-state index in [-0.39, 0.29) is 25.7 Å². The summed E-state index contributed by atoms with van der Waals surface area (Å²) in [5.41, 5.74) is 0. The van der Waals surface area contributed by atoms with Gasteiger partial charge in [0.2, 0.25) is 0 Å². The van der Waals surface area contributed by atoms with Gasteiger partial charge in [-0.15, -0.1) is 0 Å². The molecule has 0 rings (SSSR count). The fourth-order valence-electron chi connectivity index (χ4n) is 1.47. The van der Waals surface area contributed by atoms with Gasteiger partial charge in [-0.25, -0.2) is 9.59 Å². The Balaban J connectivity index is 0. The number of aliphatic hydroxyl groups excluding tert-OH is 2. The molecule has 0 aromatic rings. The lowest BCUT2D eigenvalue weighted by molar-refractivity contribution is -0.147. The first kappa shape index (κ1) is 24.1. The van der Waals surface area contributed by atoms with Gasteiger partial charge >= 0.3 is 23.9 Å². The molecule has 0 aromatic heterocycles. The Morgan fingerprint density at radius 3 is 1.08 bits per heavy atom. The van der Waals surface area contributed by atoms with E-state index < -0.39 is 36.1 Å². The topological polar surface area (TPSA) is 190 Å². The summed E-state index contributed by atoms with van der Waals surface area (Å²) in [5, 5.41) is 50.4. The van der Waals surface area contributed by atoms with Crippen LogP contribution in [0.25, 0.3) is 0 Å². The van der Waals surface area contributed by atoms with E-state index in [4.69, 9.17) is 30.6 Å². The molecular weight excluding hydrogens is 328 g/mol. The van der Waals surface area contributed by atoms with E-state index in [0.717, 1.165) is 0 Å². The Morgan fingerprint density at radius 2 is 0.875 bits per heavy atom. The molecule has 10 heteroatoms. The summed E-state index contributed by atoms with van der Waals surface area (Å²) in [6, 6.07) is 0. The minimum Gasteiger partial charge on any atom is -0.481 e. The van der Waals surface area contributed by atoms with Gasteiger partial charge in [0.25, 0.3) is 0 Å². The van der Waals surface area contributed by atoms with Crippen molar-refractivity contribution in [3.8, 4) is 0 Å². The van der Waals surface area contributed by atoms with Crippen LogP contribution in [-0.4, -0.2) is 66.7 Å². The molecule has 0 heterocycles. The lowest BCUT2D eigenvalue weighted by atomic mass is 10.1. The van der Waals surface area contributed by atoms with Gasteiger partial charge < -0.3 is 30.6 Å². The monoisotopic (exact) mass is 352 g/mol. The number of carbonyl (C=O) groups is 4. The van der Waals surface area contributed by atoms with Gasteiger partial charge in [0.15, 0.2) is 12.2 Å². The number of hydrogen-bond donors (Lipinski definition) is 6. The second kappa shape index (κ2) is 14.4. The minimum atomic E-state index is -1.36. The van der Waals surface area contributed by atoms with Crippen LogP contribution < -0.4 is 0 Å².